The van der Waals surface area contributed by atoms with E-state index in [1.807, 2.05) is 0 Å². The van der Waals surface area contributed by atoms with Crippen LogP contribution in [-0.4, -0.2) is 30.1 Å². The number of hydrogen-bond donors (Lipinski definition) is 1. The Morgan fingerprint density at radius 3 is 2.53 bits per heavy atom. The normalized spacial score (nSPS) is 11.7. The molecule has 10 heteroatoms. The van der Waals surface area contributed by atoms with Crippen molar-refractivity contribution in [3.8, 4) is 11.8 Å². The minimum Gasteiger partial charge on any atom is -0.451 e. The van der Waals surface area contributed by atoms with Crippen molar-refractivity contribution >= 4 is 29.6 Å². The van der Waals surface area contributed by atoms with Gasteiger partial charge in [-0.15, -0.1) is 0 Å². The van der Waals surface area contributed by atoms with Crippen LogP contribution in [0.4, 0.5) is 13.2 Å². The number of halogens is 4. The molecule has 0 unspecified atom stereocenters. The summed E-state index contributed by atoms with van der Waals surface area (Å²) in [6.07, 6.45) is -3.36. The molecular formula is C20H17ClF3N3O3. The van der Waals surface area contributed by atoms with Gasteiger partial charge in [0.05, 0.1) is 10.6 Å². The van der Waals surface area contributed by atoms with Gasteiger partial charge in [-0.25, -0.2) is 4.79 Å². The molecule has 1 amide bonds. The minimum absolute atomic E-state index is 0.224. The van der Waals surface area contributed by atoms with E-state index in [4.69, 9.17) is 16.3 Å². The average Bonchev–Trinajstić information content (AvgIpc) is 2.96. The lowest BCUT2D eigenvalue weighted by molar-refractivity contribution is -0.144. The Morgan fingerprint density at radius 2 is 1.97 bits per heavy atom. The topological polar surface area (TPSA) is 84.1 Å². The van der Waals surface area contributed by atoms with E-state index in [0.29, 0.717) is 17.0 Å². The summed E-state index contributed by atoms with van der Waals surface area (Å²) >= 11 is 5.68. The van der Waals surface area contributed by atoms with Gasteiger partial charge in [0.2, 0.25) is 0 Å². The Hall–Kier alpha value is -3.25. The molecule has 158 valence electrons. The summed E-state index contributed by atoms with van der Waals surface area (Å²) < 4.78 is 45.9. The molecule has 0 radical (unpaired) electrons. The summed E-state index contributed by atoms with van der Waals surface area (Å²) in [4.78, 5) is 23.2. The highest BCUT2D eigenvalue weighted by Gasteiger charge is 2.33. The maximum absolute atomic E-state index is 13.2. The van der Waals surface area contributed by atoms with Gasteiger partial charge in [-0.3, -0.25) is 4.79 Å². The predicted molar refractivity (Wildman–Crippen MR) is 104 cm³/mol. The fourth-order valence-corrected chi connectivity index (χ4v) is 3.00. The highest BCUT2D eigenvalue weighted by Crippen LogP contribution is 2.36. The van der Waals surface area contributed by atoms with Gasteiger partial charge in [0.15, 0.2) is 6.61 Å². The second-order valence-corrected chi connectivity index (χ2v) is 6.65. The van der Waals surface area contributed by atoms with E-state index < -0.39 is 35.2 Å². The standard InChI is InChI=1S/C20H17ClF3N3O3/c1-11-6-13(7-14(9-25)19(29)30-10-18(28)26-3)12(2)27(11)15-4-5-17(21)16(8-15)20(22,23)24/h4-8H,10H2,1-3H3,(H,26,28)/b14-7+. The summed E-state index contributed by atoms with van der Waals surface area (Å²) in [5, 5.41) is 11.1. The van der Waals surface area contributed by atoms with Crippen LogP contribution in [0.2, 0.25) is 5.02 Å². The summed E-state index contributed by atoms with van der Waals surface area (Å²) in [5.41, 5.74) is 0.402. The van der Waals surface area contributed by atoms with Crippen LogP contribution >= 0.6 is 11.6 Å². The fourth-order valence-electron chi connectivity index (χ4n) is 2.77. The van der Waals surface area contributed by atoms with Crippen molar-refractivity contribution in [3.63, 3.8) is 0 Å². The monoisotopic (exact) mass is 439 g/mol. The number of nitrogens with one attached hydrogen (secondary N) is 1. The zero-order chi connectivity index (χ0) is 22.6. The van der Waals surface area contributed by atoms with Crippen molar-refractivity contribution in [3.05, 3.63) is 57.4 Å². The first kappa shape index (κ1) is 23.0. The van der Waals surface area contributed by atoms with Crippen molar-refractivity contribution < 1.29 is 27.5 Å². The lowest BCUT2D eigenvalue weighted by Gasteiger charge is -2.14. The molecule has 0 saturated carbocycles. The van der Waals surface area contributed by atoms with E-state index in [-0.39, 0.29) is 11.3 Å². The van der Waals surface area contributed by atoms with Crippen LogP contribution in [0.5, 0.6) is 0 Å². The molecule has 1 heterocycles. The Bertz CT molecular complexity index is 1070. The number of ether oxygens (including phenoxy) is 1. The molecule has 0 bridgehead atoms. The Balaban J connectivity index is 2.45. The number of carbonyl (C=O) groups is 2. The van der Waals surface area contributed by atoms with E-state index in [0.717, 1.165) is 12.1 Å². The number of nitrogens with zero attached hydrogens (tertiary/aromatic N) is 2. The molecule has 0 aliphatic rings. The van der Waals surface area contributed by atoms with Gasteiger partial charge in [0, 0.05) is 24.1 Å². The van der Waals surface area contributed by atoms with Gasteiger partial charge in [-0.1, -0.05) is 11.6 Å². The molecule has 30 heavy (non-hydrogen) atoms. The summed E-state index contributed by atoms with van der Waals surface area (Å²) in [7, 11) is 1.37. The Morgan fingerprint density at radius 1 is 1.30 bits per heavy atom. The second kappa shape index (κ2) is 9.05. The number of rotatable bonds is 5. The number of hydrogen-bond acceptors (Lipinski definition) is 4. The molecule has 0 fully saturated rings. The van der Waals surface area contributed by atoms with Crippen LogP contribution in [0, 0.1) is 25.2 Å². The van der Waals surface area contributed by atoms with E-state index in [2.05, 4.69) is 5.32 Å². The number of esters is 1. The first-order chi connectivity index (χ1) is 14.0. The number of aryl methyl sites for hydroxylation is 1. The Kier molecular flexibility index (Phi) is 6.95. The summed E-state index contributed by atoms with van der Waals surface area (Å²) in [6.45, 7) is 2.76. The van der Waals surface area contributed by atoms with Crippen LogP contribution in [-0.2, 0) is 20.5 Å². The van der Waals surface area contributed by atoms with E-state index in [1.54, 1.807) is 30.6 Å². The van der Waals surface area contributed by atoms with Crippen LogP contribution in [0.15, 0.2) is 29.8 Å². The molecule has 6 nitrogen and oxygen atoms in total. The van der Waals surface area contributed by atoms with Crippen LogP contribution in [0.1, 0.15) is 22.5 Å². The number of aromatic nitrogens is 1. The molecule has 1 N–H and O–H groups in total. The van der Waals surface area contributed by atoms with Crippen molar-refractivity contribution in [2.24, 2.45) is 0 Å². The molecule has 0 spiro atoms. The van der Waals surface area contributed by atoms with Gasteiger partial charge in [-0.05, 0) is 49.8 Å². The van der Waals surface area contributed by atoms with Gasteiger partial charge in [0.25, 0.3) is 5.91 Å². The average molecular weight is 440 g/mol. The molecule has 0 atom stereocenters. The van der Waals surface area contributed by atoms with E-state index in [9.17, 15) is 28.0 Å². The zero-order valence-electron chi connectivity index (χ0n) is 16.2. The Labute approximate surface area is 175 Å². The van der Waals surface area contributed by atoms with Gasteiger partial charge in [-0.2, -0.15) is 18.4 Å². The van der Waals surface area contributed by atoms with Crippen molar-refractivity contribution in [1.29, 1.82) is 5.26 Å². The fraction of sp³-hybridized carbons (Fsp3) is 0.250. The third-order valence-corrected chi connectivity index (χ3v) is 4.57. The maximum Gasteiger partial charge on any atom is 0.417 e. The largest absolute Gasteiger partial charge is 0.451 e. The number of carbonyl (C=O) groups excluding carboxylic acids is 2. The molecule has 0 aliphatic heterocycles. The first-order valence-electron chi connectivity index (χ1n) is 8.55. The SMILES string of the molecule is CNC(=O)COC(=O)/C(C#N)=C/c1cc(C)n(-c2ccc(Cl)c(C(F)(F)F)c2)c1C. The highest BCUT2D eigenvalue weighted by molar-refractivity contribution is 6.31. The number of likely N-dealkylation sites (N-methyl/N-ethyl adjacent to an activating group) is 1. The predicted octanol–water partition coefficient (Wildman–Crippen LogP) is 3.96. The number of benzene rings is 1. The maximum atomic E-state index is 13.2. The molecule has 1 aromatic carbocycles. The highest BCUT2D eigenvalue weighted by atomic mass is 35.5. The minimum atomic E-state index is -4.62. The number of amides is 1. The van der Waals surface area contributed by atoms with Crippen LogP contribution < -0.4 is 5.32 Å². The number of alkyl halides is 3. The third kappa shape index (κ3) is 5.02. The smallest absolute Gasteiger partial charge is 0.417 e. The molecular weight excluding hydrogens is 423 g/mol. The summed E-state index contributed by atoms with van der Waals surface area (Å²) in [5.74, 6) is -1.53. The van der Waals surface area contributed by atoms with E-state index in [1.165, 1.54) is 19.2 Å². The molecule has 0 saturated heterocycles. The van der Waals surface area contributed by atoms with Crippen LogP contribution in [0.3, 0.4) is 0 Å². The lowest BCUT2D eigenvalue weighted by atomic mass is 10.1. The summed E-state index contributed by atoms with van der Waals surface area (Å²) in [6, 6.07) is 6.84. The molecule has 1 aromatic heterocycles. The van der Waals surface area contributed by atoms with Crippen LogP contribution in [0.25, 0.3) is 11.8 Å². The molecule has 2 rings (SSSR count). The lowest BCUT2D eigenvalue weighted by Crippen LogP contribution is -2.25. The third-order valence-electron chi connectivity index (χ3n) is 4.24. The van der Waals surface area contributed by atoms with Crippen molar-refractivity contribution in [2.75, 3.05) is 13.7 Å². The zero-order valence-corrected chi connectivity index (χ0v) is 17.0. The molecule has 2 aromatic rings. The number of nitriles is 1. The van der Waals surface area contributed by atoms with Gasteiger partial charge in [0.1, 0.15) is 11.6 Å². The van der Waals surface area contributed by atoms with Crippen molar-refractivity contribution in [2.45, 2.75) is 20.0 Å². The van der Waals surface area contributed by atoms with Gasteiger partial charge < -0.3 is 14.6 Å². The first-order valence-corrected chi connectivity index (χ1v) is 8.93. The van der Waals surface area contributed by atoms with Crippen molar-refractivity contribution in [1.82, 2.24) is 9.88 Å². The quantitative estimate of drug-likeness (QED) is 0.434. The second-order valence-electron chi connectivity index (χ2n) is 6.24. The molecule has 0 aliphatic carbocycles. The van der Waals surface area contributed by atoms with E-state index >= 15 is 0 Å². The van der Waals surface area contributed by atoms with Gasteiger partial charge >= 0.3 is 12.1 Å².